The van der Waals surface area contributed by atoms with E-state index in [0.29, 0.717) is 39.3 Å². The Labute approximate surface area is 142 Å². The molecule has 2 aromatic heterocycles. The molecule has 0 saturated heterocycles. The summed E-state index contributed by atoms with van der Waals surface area (Å²) in [6, 6.07) is 9.56. The van der Waals surface area contributed by atoms with Gasteiger partial charge in [-0.25, -0.2) is 9.18 Å². The first-order valence-electron chi connectivity index (χ1n) is 7.22. The van der Waals surface area contributed by atoms with Gasteiger partial charge < -0.3 is 10.4 Å². The number of benzene rings is 1. The lowest BCUT2D eigenvalue weighted by Crippen LogP contribution is -2.23. The number of hydrogen-bond acceptors (Lipinski definition) is 3. The molecule has 0 fully saturated rings. The molecule has 1 amide bonds. The fraction of sp³-hybridized carbons (Fsp3) is 0.118. The van der Waals surface area contributed by atoms with E-state index < -0.39 is 11.9 Å². The van der Waals surface area contributed by atoms with E-state index in [-0.39, 0.29) is 6.54 Å². The summed E-state index contributed by atoms with van der Waals surface area (Å²) >= 11 is 6.51. The highest BCUT2D eigenvalue weighted by molar-refractivity contribution is 6.38. The third kappa shape index (κ3) is 3.28. The summed E-state index contributed by atoms with van der Waals surface area (Å²) < 4.78 is 13.6. The molecule has 0 radical (unpaired) electrons. The molecule has 0 unspecified atom stereocenters. The second-order valence-electron chi connectivity index (χ2n) is 5.11. The molecule has 5 nitrogen and oxygen atoms in total. The smallest absolute Gasteiger partial charge is 0.404 e. The average Bonchev–Trinajstić information content (AvgIpc) is 2.56. The maximum absolute atomic E-state index is 13.6. The standard InChI is InChI=1S/C17H13ClFN3O2/c18-16-11-9-10(19)4-5-12(11)22-14(6-8-21-17(23)24)15(16)13-3-1-2-7-20-13/h1-5,7,9,21H,6,8H2,(H,23,24). The van der Waals surface area contributed by atoms with Crippen molar-refractivity contribution in [2.45, 2.75) is 6.42 Å². The molecule has 0 aliphatic heterocycles. The molecule has 1 aromatic carbocycles. The number of nitrogens with one attached hydrogen (secondary N) is 1. The molecule has 3 rings (SSSR count). The molecule has 0 spiro atoms. The molecule has 122 valence electrons. The SMILES string of the molecule is O=C(O)NCCc1nc2ccc(F)cc2c(Cl)c1-c1ccccn1. The number of nitrogens with zero attached hydrogens (tertiary/aromatic N) is 2. The average molecular weight is 346 g/mol. The summed E-state index contributed by atoms with van der Waals surface area (Å²) in [7, 11) is 0. The van der Waals surface area contributed by atoms with Crippen LogP contribution in [0.1, 0.15) is 5.69 Å². The van der Waals surface area contributed by atoms with Gasteiger partial charge in [0.1, 0.15) is 5.82 Å². The summed E-state index contributed by atoms with van der Waals surface area (Å²) in [6.07, 6.45) is 0.856. The van der Waals surface area contributed by atoms with Gasteiger partial charge in [-0.15, -0.1) is 0 Å². The van der Waals surface area contributed by atoms with Crippen LogP contribution in [0.5, 0.6) is 0 Å². The van der Waals surface area contributed by atoms with Crippen LogP contribution >= 0.6 is 11.6 Å². The predicted octanol–water partition coefficient (Wildman–Crippen LogP) is 3.90. The number of aromatic nitrogens is 2. The molecule has 0 aliphatic rings. The van der Waals surface area contributed by atoms with E-state index in [9.17, 15) is 9.18 Å². The van der Waals surface area contributed by atoms with Crippen LogP contribution in [0.2, 0.25) is 5.02 Å². The van der Waals surface area contributed by atoms with Crippen molar-refractivity contribution in [1.82, 2.24) is 15.3 Å². The minimum Gasteiger partial charge on any atom is -0.465 e. The summed E-state index contributed by atoms with van der Waals surface area (Å²) in [5.74, 6) is -0.404. The van der Waals surface area contributed by atoms with Crippen LogP contribution in [0.25, 0.3) is 22.2 Å². The van der Waals surface area contributed by atoms with E-state index in [4.69, 9.17) is 16.7 Å². The largest absolute Gasteiger partial charge is 0.465 e. The molecule has 2 N–H and O–H groups in total. The summed E-state index contributed by atoms with van der Waals surface area (Å²) in [5, 5.41) is 11.9. The number of pyridine rings is 2. The molecule has 0 aliphatic carbocycles. The third-order valence-corrected chi connectivity index (χ3v) is 3.91. The molecule has 0 saturated carbocycles. The van der Waals surface area contributed by atoms with Crippen LogP contribution in [0.4, 0.5) is 9.18 Å². The number of hydrogen-bond donors (Lipinski definition) is 2. The first-order valence-corrected chi connectivity index (χ1v) is 7.60. The fourth-order valence-corrected chi connectivity index (χ4v) is 2.84. The number of carbonyl (C=O) groups is 1. The number of rotatable bonds is 4. The molecule has 24 heavy (non-hydrogen) atoms. The maximum Gasteiger partial charge on any atom is 0.404 e. The van der Waals surface area contributed by atoms with Gasteiger partial charge in [0, 0.05) is 30.1 Å². The molecule has 0 atom stereocenters. The maximum atomic E-state index is 13.6. The zero-order chi connectivity index (χ0) is 17.1. The van der Waals surface area contributed by atoms with Gasteiger partial charge in [0.05, 0.1) is 21.9 Å². The zero-order valence-electron chi connectivity index (χ0n) is 12.5. The van der Waals surface area contributed by atoms with Gasteiger partial charge in [-0.05, 0) is 30.3 Å². The highest BCUT2D eigenvalue weighted by Crippen LogP contribution is 2.35. The molecule has 3 aromatic rings. The van der Waals surface area contributed by atoms with Crippen molar-refractivity contribution < 1.29 is 14.3 Å². The Morgan fingerprint density at radius 2 is 2.12 bits per heavy atom. The Hall–Kier alpha value is -2.73. The van der Waals surface area contributed by atoms with Crippen LogP contribution < -0.4 is 5.32 Å². The van der Waals surface area contributed by atoms with Crippen LogP contribution in [-0.2, 0) is 6.42 Å². The molecule has 2 heterocycles. The highest BCUT2D eigenvalue weighted by atomic mass is 35.5. The Bertz CT molecular complexity index is 903. The second kappa shape index (κ2) is 6.80. The molecular weight excluding hydrogens is 333 g/mol. The number of amides is 1. The van der Waals surface area contributed by atoms with Crippen molar-refractivity contribution in [3.8, 4) is 11.3 Å². The quantitative estimate of drug-likeness (QED) is 0.752. The van der Waals surface area contributed by atoms with E-state index in [1.54, 1.807) is 24.4 Å². The minimum atomic E-state index is -1.11. The topological polar surface area (TPSA) is 75.1 Å². The molecule has 7 heteroatoms. The third-order valence-electron chi connectivity index (χ3n) is 3.52. The van der Waals surface area contributed by atoms with Crippen molar-refractivity contribution in [1.29, 1.82) is 0 Å². The van der Waals surface area contributed by atoms with Gasteiger partial charge in [0.25, 0.3) is 0 Å². The van der Waals surface area contributed by atoms with Crippen molar-refractivity contribution in [2.24, 2.45) is 0 Å². The van der Waals surface area contributed by atoms with Gasteiger partial charge in [-0.1, -0.05) is 17.7 Å². The van der Waals surface area contributed by atoms with E-state index >= 15 is 0 Å². The lowest BCUT2D eigenvalue weighted by Gasteiger charge is -2.13. The highest BCUT2D eigenvalue weighted by Gasteiger charge is 2.17. The van der Waals surface area contributed by atoms with Crippen molar-refractivity contribution in [3.05, 3.63) is 59.1 Å². The Kier molecular flexibility index (Phi) is 4.57. The summed E-state index contributed by atoms with van der Waals surface area (Å²) in [4.78, 5) is 19.5. The normalized spacial score (nSPS) is 10.8. The van der Waals surface area contributed by atoms with Gasteiger partial charge in [0.15, 0.2) is 0 Å². The molecular formula is C17H13ClFN3O2. The monoisotopic (exact) mass is 345 g/mol. The van der Waals surface area contributed by atoms with Crippen LogP contribution in [0.15, 0.2) is 42.6 Å². The van der Waals surface area contributed by atoms with Crippen LogP contribution in [-0.4, -0.2) is 27.7 Å². The Balaban J connectivity index is 2.16. The number of carboxylic acid groups (broad SMARTS) is 1. The van der Waals surface area contributed by atoms with Crippen LogP contribution in [0.3, 0.4) is 0 Å². The van der Waals surface area contributed by atoms with E-state index in [1.165, 1.54) is 12.1 Å². The minimum absolute atomic E-state index is 0.186. The predicted molar refractivity (Wildman–Crippen MR) is 89.7 cm³/mol. The van der Waals surface area contributed by atoms with Crippen LogP contribution in [0, 0.1) is 5.82 Å². The lowest BCUT2D eigenvalue weighted by molar-refractivity contribution is 0.194. The first-order chi connectivity index (χ1) is 11.6. The van der Waals surface area contributed by atoms with Crippen molar-refractivity contribution in [3.63, 3.8) is 0 Å². The summed E-state index contributed by atoms with van der Waals surface area (Å²) in [5.41, 5.74) is 2.34. The van der Waals surface area contributed by atoms with Gasteiger partial charge in [-0.3, -0.25) is 9.97 Å². The van der Waals surface area contributed by atoms with E-state index in [2.05, 4.69) is 15.3 Å². The first kappa shape index (κ1) is 16.1. The Morgan fingerprint density at radius 3 is 2.83 bits per heavy atom. The second-order valence-corrected chi connectivity index (χ2v) is 5.48. The van der Waals surface area contributed by atoms with Crippen molar-refractivity contribution in [2.75, 3.05) is 6.54 Å². The van der Waals surface area contributed by atoms with Gasteiger partial charge >= 0.3 is 6.09 Å². The van der Waals surface area contributed by atoms with E-state index in [0.717, 1.165) is 0 Å². The number of fused-ring (bicyclic) bond motifs is 1. The molecule has 0 bridgehead atoms. The zero-order valence-corrected chi connectivity index (χ0v) is 13.2. The van der Waals surface area contributed by atoms with Gasteiger partial charge in [0.2, 0.25) is 0 Å². The lowest BCUT2D eigenvalue weighted by atomic mass is 10.0. The van der Waals surface area contributed by atoms with E-state index in [1.807, 2.05) is 6.07 Å². The van der Waals surface area contributed by atoms with Gasteiger partial charge in [-0.2, -0.15) is 0 Å². The van der Waals surface area contributed by atoms with Crippen molar-refractivity contribution >= 4 is 28.6 Å². The number of halogens is 2. The Morgan fingerprint density at radius 1 is 1.29 bits per heavy atom. The fourth-order valence-electron chi connectivity index (χ4n) is 2.48. The summed E-state index contributed by atoms with van der Waals surface area (Å²) in [6.45, 7) is 0.186.